The zero-order chi connectivity index (χ0) is 17.4. The molecule has 1 atom stereocenters. The Bertz CT molecular complexity index is 894. The summed E-state index contributed by atoms with van der Waals surface area (Å²) in [7, 11) is 1.88. The van der Waals surface area contributed by atoms with Crippen molar-refractivity contribution in [3.05, 3.63) is 59.6 Å². The summed E-state index contributed by atoms with van der Waals surface area (Å²) in [5.74, 6) is 0.170. The average molecular weight is 336 g/mol. The van der Waals surface area contributed by atoms with Crippen LogP contribution in [0.1, 0.15) is 40.6 Å². The first-order valence-electron chi connectivity index (χ1n) is 8.45. The highest BCUT2D eigenvalue weighted by molar-refractivity contribution is 5.93. The minimum Gasteiger partial charge on any atom is -0.350 e. The molecule has 1 aliphatic heterocycles. The van der Waals surface area contributed by atoms with Crippen molar-refractivity contribution in [2.75, 3.05) is 6.54 Å². The van der Waals surface area contributed by atoms with Gasteiger partial charge < -0.3 is 9.42 Å². The molecule has 0 aliphatic carbocycles. The highest BCUT2D eigenvalue weighted by Crippen LogP contribution is 2.33. The van der Waals surface area contributed by atoms with Gasteiger partial charge in [-0.2, -0.15) is 5.10 Å². The number of benzene rings is 1. The molecule has 1 aromatic carbocycles. The van der Waals surface area contributed by atoms with Crippen LogP contribution in [0.25, 0.3) is 11.3 Å². The van der Waals surface area contributed by atoms with Crippen LogP contribution in [0.3, 0.4) is 0 Å². The van der Waals surface area contributed by atoms with Gasteiger partial charge in [-0.05, 0) is 19.8 Å². The summed E-state index contributed by atoms with van der Waals surface area (Å²) in [5.41, 5.74) is 3.87. The number of aromatic nitrogens is 3. The van der Waals surface area contributed by atoms with E-state index in [0.29, 0.717) is 5.69 Å². The Hall–Kier alpha value is -2.89. The zero-order valence-corrected chi connectivity index (χ0v) is 14.3. The molecular weight excluding hydrogens is 316 g/mol. The summed E-state index contributed by atoms with van der Waals surface area (Å²) >= 11 is 0. The van der Waals surface area contributed by atoms with E-state index in [1.54, 1.807) is 10.7 Å². The van der Waals surface area contributed by atoms with Crippen LogP contribution in [0, 0.1) is 6.92 Å². The Labute approximate surface area is 146 Å². The molecule has 1 unspecified atom stereocenters. The largest absolute Gasteiger partial charge is 0.350 e. The maximum atomic E-state index is 12.9. The second-order valence-corrected chi connectivity index (χ2v) is 6.55. The van der Waals surface area contributed by atoms with E-state index in [4.69, 9.17) is 4.52 Å². The minimum atomic E-state index is -0.114. The molecule has 6 heteroatoms. The molecule has 6 nitrogen and oxygen atoms in total. The van der Waals surface area contributed by atoms with E-state index in [1.165, 1.54) is 5.56 Å². The summed E-state index contributed by atoms with van der Waals surface area (Å²) in [6.45, 7) is 2.76. The molecule has 0 radical (unpaired) electrons. The zero-order valence-electron chi connectivity index (χ0n) is 14.3. The Balaban J connectivity index is 1.57. The van der Waals surface area contributed by atoms with E-state index in [-0.39, 0.29) is 17.7 Å². The summed E-state index contributed by atoms with van der Waals surface area (Å²) in [4.78, 5) is 14.8. The topological polar surface area (TPSA) is 64.2 Å². The number of carbonyl (C=O) groups excluding carboxylic acids is 1. The number of carbonyl (C=O) groups is 1. The van der Waals surface area contributed by atoms with Crippen molar-refractivity contribution in [1.29, 1.82) is 0 Å². The first-order valence-corrected chi connectivity index (χ1v) is 8.45. The molecule has 1 fully saturated rings. The van der Waals surface area contributed by atoms with Crippen LogP contribution in [0.4, 0.5) is 0 Å². The van der Waals surface area contributed by atoms with Crippen LogP contribution in [-0.4, -0.2) is 32.3 Å². The molecule has 0 N–H and O–H groups in total. The molecule has 1 amide bonds. The highest BCUT2D eigenvalue weighted by Gasteiger charge is 2.33. The average Bonchev–Trinajstić information content (AvgIpc) is 3.35. The van der Waals surface area contributed by atoms with Gasteiger partial charge in [-0.15, -0.1) is 0 Å². The number of rotatable bonds is 3. The van der Waals surface area contributed by atoms with Gasteiger partial charge in [0.05, 0.1) is 12.2 Å². The number of hydrogen-bond donors (Lipinski definition) is 0. The molecule has 0 spiro atoms. The van der Waals surface area contributed by atoms with Crippen molar-refractivity contribution in [3.8, 4) is 11.3 Å². The van der Waals surface area contributed by atoms with E-state index >= 15 is 0 Å². The number of aryl methyl sites for hydroxylation is 2. The third-order valence-electron chi connectivity index (χ3n) is 4.69. The minimum absolute atomic E-state index is 0.0501. The quantitative estimate of drug-likeness (QED) is 0.736. The normalized spacial score (nSPS) is 17.2. The molecule has 3 aromatic rings. The van der Waals surface area contributed by atoms with Crippen LogP contribution >= 0.6 is 0 Å². The van der Waals surface area contributed by atoms with Crippen LogP contribution in [-0.2, 0) is 7.05 Å². The Kier molecular flexibility index (Phi) is 3.87. The molecule has 1 aliphatic rings. The predicted molar refractivity (Wildman–Crippen MR) is 92.9 cm³/mol. The fourth-order valence-corrected chi connectivity index (χ4v) is 3.35. The lowest BCUT2D eigenvalue weighted by atomic mass is 10.1. The molecule has 25 heavy (non-hydrogen) atoms. The molecule has 1 saturated heterocycles. The van der Waals surface area contributed by atoms with Crippen molar-refractivity contribution in [2.24, 2.45) is 7.05 Å². The van der Waals surface area contributed by atoms with Gasteiger partial charge in [-0.3, -0.25) is 9.48 Å². The maximum Gasteiger partial charge on any atom is 0.292 e. The van der Waals surface area contributed by atoms with E-state index in [2.05, 4.69) is 10.3 Å². The van der Waals surface area contributed by atoms with Crippen molar-refractivity contribution in [3.63, 3.8) is 0 Å². The number of nitrogens with zero attached hydrogens (tertiary/aromatic N) is 4. The van der Waals surface area contributed by atoms with Gasteiger partial charge in [0, 0.05) is 37.0 Å². The molecule has 128 valence electrons. The summed E-state index contributed by atoms with van der Waals surface area (Å²) < 4.78 is 7.12. The molecule has 3 heterocycles. The lowest BCUT2D eigenvalue weighted by molar-refractivity contribution is 0.0693. The van der Waals surface area contributed by atoms with Crippen molar-refractivity contribution in [1.82, 2.24) is 19.8 Å². The Morgan fingerprint density at radius 2 is 2.08 bits per heavy atom. The Morgan fingerprint density at radius 3 is 2.80 bits per heavy atom. The van der Waals surface area contributed by atoms with Crippen LogP contribution in [0.15, 0.2) is 47.2 Å². The molecule has 4 rings (SSSR count). The standard InChI is InChI=1S/C19H20N4O2/c1-13-5-7-14(8-6-13)16-10-18(25-21-16)19(24)23-9-3-4-17(23)15-11-20-22(2)12-15/h5-8,10-12,17H,3-4,9H2,1-2H3. The molecule has 0 saturated carbocycles. The van der Waals surface area contributed by atoms with Crippen molar-refractivity contribution in [2.45, 2.75) is 25.8 Å². The van der Waals surface area contributed by atoms with Gasteiger partial charge in [0.2, 0.25) is 5.76 Å². The maximum absolute atomic E-state index is 12.9. The SMILES string of the molecule is Cc1ccc(-c2cc(C(=O)N3CCCC3c3cnn(C)c3)on2)cc1. The summed E-state index contributed by atoms with van der Waals surface area (Å²) in [5, 5.41) is 8.29. The van der Waals surface area contributed by atoms with Crippen molar-refractivity contribution < 1.29 is 9.32 Å². The van der Waals surface area contributed by atoms with Gasteiger partial charge in [0.1, 0.15) is 5.69 Å². The van der Waals surface area contributed by atoms with Crippen LogP contribution < -0.4 is 0 Å². The lowest BCUT2D eigenvalue weighted by Gasteiger charge is -2.22. The van der Waals surface area contributed by atoms with Gasteiger partial charge >= 0.3 is 0 Å². The first-order chi connectivity index (χ1) is 12.1. The van der Waals surface area contributed by atoms with E-state index in [9.17, 15) is 4.79 Å². The lowest BCUT2D eigenvalue weighted by Crippen LogP contribution is -2.30. The predicted octanol–water partition coefficient (Wildman–Crippen LogP) is 3.36. The Morgan fingerprint density at radius 1 is 1.28 bits per heavy atom. The van der Waals surface area contributed by atoms with E-state index < -0.39 is 0 Å². The van der Waals surface area contributed by atoms with E-state index in [1.807, 2.05) is 55.5 Å². The smallest absolute Gasteiger partial charge is 0.292 e. The molecule has 0 bridgehead atoms. The van der Waals surface area contributed by atoms with Gasteiger partial charge in [0.15, 0.2) is 0 Å². The number of amides is 1. The molecule has 2 aromatic heterocycles. The fraction of sp³-hybridized carbons (Fsp3) is 0.316. The third kappa shape index (κ3) is 2.95. The van der Waals surface area contributed by atoms with Crippen LogP contribution in [0.2, 0.25) is 0 Å². The highest BCUT2D eigenvalue weighted by atomic mass is 16.5. The third-order valence-corrected chi connectivity index (χ3v) is 4.69. The monoisotopic (exact) mass is 336 g/mol. The second-order valence-electron chi connectivity index (χ2n) is 6.55. The van der Waals surface area contributed by atoms with Gasteiger partial charge in [-0.25, -0.2) is 0 Å². The van der Waals surface area contributed by atoms with E-state index in [0.717, 1.165) is 30.5 Å². The summed E-state index contributed by atoms with van der Waals surface area (Å²) in [6, 6.07) is 9.78. The first kappa shape index (κ1) is 15.6. The van der Waals surface area contributed by atoms with Crippen LogP contribution in [0.5, 0.6) is 0 Å². The fourth-order valence-electron chi connectivity index (χ4n) is 3.35. The second kappa shape index (κ2) is 6.20. The van der Waals surface area contributed by atoms with Gasteiger partial charge in [0.25, 0.3) is 5.91 Å². The molecular formula is C19H20N4O2. The number of likely N-dealkylation sites (tertiary alicyclic amines) is 1. The van der Waals surface area contributed by atoms with Gasteiger partial charge in [-0.1, -0.05) is 35.0 Å². The number of hydrogen-bond acceptors (Lipinski definition) is 4. The van der Waals surface area contributed by atoms with Crippen molar-refractivity contribution >= 4 is 5.91 Å². The summed E-state index contributed by atoms with van der Waals surface area (Å²) in [6.07, 6.45) is 5.71.